The summed E-state index contributed by atoms with van der Waals surface area (Å²) in [6, 6.07) is 0.262. The SMILES string of the molecule is COc1c(N2CCC(N)CC2)sc(C(=O)N(C)C)c1N. The zero-order valence-electron chi connectivity index (χ0n) is 12.2. The molecule has 0 saturated carbocycles. The van der Waals surface area contributed by atoms with Crippen LogP contribution in [0.4, 0.5) is 10.7 Å². The lowest BCUT2D eigenvalue weighted by molar-refractivity contribution is 0.0833. The second-order valence-electron chi connectivity index (χ2n) is 5.21. The van der Waals surface area contributed by atoms with Crippen LogP contribution in [0.25, 0.3) is 0 Å². The maximum atomic E-state index is 12.1. The second kappa shape index (κ2) is 5.88. The Morgan fingerprint density at radius 3 is 2.50 bits per heavy atom. The molecule has 20 heavy (non-hydrogen) atoms. The van der Waals surface area contributed by atoms with Gasteiger partial charge in [-0.05, 0) is 12.8 Å². The van der Waals surface area contributed by atoms with Gasteiger partial charge in [0.2, 0.25) is 0 Å². The number of nitrogen functional groups attached to an aromatic ring is 1. The van der Waals surface area contributed by atoms with E-state index >= 15 is 0 Å². The predicted molar refractivity (Wildman–Crippen MR) is 82.7 cm³/mol. The summed E-state index contributed by atoms with van der Waals surface area (Å²) >= 11 is 1.40. The molecule has 0 aliphatic carbocycles. The van der Waals surface area contributed by atoms with E-state index in [1.807, 2.05) is 0 Å². The monoisotopic (exact) mass is 298 g/mol. The number of carbonyl (C=O) groups excluding carboxylic acids is 1. The molecule has 1 aliphatic heterocycles. The lowest BCUT2D eigenvalue weighted by Gasteiger charge is -2.31. The van der Waals surface area contributed by atoms with Crippen molar-refractivity contribution in [2.75, 3.05) is 44.9 Å². The topological polar surface area (TPSA) is 84.8 Å². The normalized spacial score (nSPS) is 16.3. The van der Waals surface area contributed by atoms with Gasteiger partial charge in [-0.15, -0.1) is 11.3 Å². The molecule has 2 heterocycles. The Morgan fingerprint density at radius 1 is 1.40 bits per heavy atom. The molecular weight excluding hydrogens is 276 g/mol. The average molecular weight is 298 g/mol. The first kappa shape index (κ1) is 14.9. The zero-order chi connectivity index (χ0) is 14.9. The molecule has 0 aromatic carbocycles. The van der Waals surface area contributed by atoms with Gasteiger partial charge in [-0.3, -0.25) is 4.79 Å². The Bertz CT molecular complexity index is 493. The summed E-state index contributed by atoms with van der Waals surface area (Å²) in [5.41, 5.74) is 12.4. The van der Waals surface area contributed by atoms with Gasteiger partial charge >= 0.3 is 0 Å². The van der Waals surface area contributed by atoms with E-state index in [9.17, 15) is 4.79 Å². The van der Waals surface area contributed by atoms with Gasteiger partial charge in [0.1, 0.15) is 15.6 Å². The summed E-state index contributed by atoms with van der Waals surface area (Å²) in [6.45, 7) is 1.74. The van der Waals surface area contributed by atoms with Crippen LogP contribution in [0, 0.1) is 0 Å². The number of rotatable bonds is 3. The van der Waals surface area contributed by atoms with Crippen molar-refractivity contribution in [2.45, 2.75) is 18.9 Å². The maximum absolute atomic E-state index is 12.1. The van der Waals surface area contributed by atoms with Crippen LogP contribution in [0.2, 0.25) is 0 Å². The third-order valence-corrected chi connectivity index (χ3v) is 4.75. The lowest BCUT2D eigenvalue weighted by Crippen LogP contribution is -2.39. The average Bonchev–Trinajstić information content (AvgIpc) is 2.75. The molecule has 1 aliphatic rings. The highest BCUT2D eigenvalue weighted by molar-refractivity contribution is 7.19. The summed E-state index contributed by atoms with van der Waals surface area (Å²) in [6.07, 6.45) is 1.88. The number of thiophene rings is 1. The molecule has 0 spiro atoms. The summed E-state index contributed by atoms with van der Waals surface area (Å²) in [5, 5.41) is 0.933. The van der Waals surface area contributed by atoms with Crippen molar-refractivity contribution in [3.05, 3.63) is 4.88 Å². The summed E-state index contributed by atoms with van der Waals surface area (Å²) in [4.78, 5) is 16.4. The lowest BCUT2D eigenvalue weighted by atomic mass is 10.1. The number of amides is 1. The molecule has 0 atom stereocenters. The first-order chi connectivity index (χ1) is 9.45. The first-order valence-electron chi connectivity index (χ1n) is 6.64. The molecule has 4 N–H and O–H groups in total. The summed E-state index contributed by atoms with van der Waals surface area (Å²) in [7, 11) is 5.02. The molecule has 7 heteroatoms. The number of nitrogens with two attached hydrogens (primary N) is 2. The summed E-state index contributed by atoms with van der Waals surface area (Å²) in [5.74, 6) is 0.515. The Balaban J connectivity index is 2.33. The molecule has 1 aromatic heterocycles. The highest BCUT2D eigenvalue weighted by Gasteiger charge is 2.27. The van der Waals surface area contributed by atoms with Crippen LogP contribution in [0.3, 0.4) is 0 Å². The van der Waals surface area contributed by atoms with E-state index in [1.165, 1.54) is 16.2 Å². The van der Waals surface area contributed by atoms with E-state index in [1.54, 1.807) is 21.2 Å². The number of hydrogen-bond acceptors (Lipinski definition) is 6. The quantitative estimate of drug-likeness (QED) is 0.868. The van der Waals surface area contributed by atoms with Crippen molar-refractivity contribution in [1.82, 2.24) is 4.90 Å². The first-order valence-corrected chi connectivity index (χ1v) is 7.45. The molecule has 0 bridgehead atoms. The van der Waals surface area contributed by atoms with Gasteiger partial charge in [-0.1, -0.05) is 0 Å². The van der Waals surface area contributed by atoms with Crippen LogP contribution in [0.5, 0.6) is 5.75 Å². The van der Waals surface area contributed by atoms with E-state index in [-0.39, 0.29) is 11.9 Å². The fourth-order valence-corrected chi connectivity index (χ4v) is 3.55. The molecular formula is C13H22N4O2S. The number of ether oxygens (including phenoxy) is 1. The number of hydrogen-bond donors (Lipinski definition) is 2. The van der Waals surface area contributed by atoms with E-state index < -0.39 is 0 Å². The molecule has 2 rings (SSSR count). The highest BCUT2D eigenvalue weighted by atomic mass is 32.1. The molecule has 1 amide bonds. The van der Waals surface area contributed by atoms with Gasteiger partial charge in [-0.2, -0.15) is 0 Å². The fraction of sp³-hybridized carbons (Fsp3) is 0.615. The van der Waals surface area contributed by atoms with Crippen molar-refractivity contribution >= 4 is 27.9 Å². The van der Waals surface area contributed by atoms with Crippen LogP contribution >= 0.6 is 11.3 Å². The molecule has 0 radical (unpaired) electrons. The van der Waals surface area contributed by atoms with Crippen molar-refractivity contribution in [2.24, 2.45) is 5.73 Å². The van der Waals surface area contributed by atoms with Gasteiger partial charge in [0.25, 0.3) is 5.91 Å². The fourth-order valence-electron chi connectivity index (χ4n) is 2.29. The second-order valence-corrected chi connectivity index (χ2v) is 6.21. The standard InChI is InChI=1S/C13H22N4O2S/c1-16(2)12(18)11-9(15)10(19-3)13(20-11)17-6-4-8(14)5-7-17/h8H,4-7,14-15H2,1-3H3. The minimum Gasteiger partial charge on any atom is -0.492 e. The van der Waals surface area contributed by atoms with Crippen LogP contribution in [0.15, 0.2) is 0 Å². The van der Waals surface area contributed by atoms with Crippen molar-refractivity contribution in [3.63, 3.8) is 0 Å². The van der Waals surface area contributed by atoms with Gasteiger partial charge in [0, 0.05) is 33.2 Å². The third-order valence-electron chi connectivity index (χ3n) is 3.51. The minimum absolute atomic E-state index is 0.0919. The molecule has 6 nitrogen and oxygen atoms in total. The highest BCUT2D eigenvalue weighted by Crippen LogP contribution is 2.45. The van der Waals surface area contributed by atoms with Crippen LogP contribution in [0.1, 0.15) is 22.5 Å². The predicted octanol–water partition coefficient (Wildman–Crippen LogP) is 0.968. The third kappa shape index (κ3) is 2.69. The summed E-state index contributed by atoms with van der Waals surface area (Å²) < 4.78 is 5.41. The smallest absolute Gasteiger partial charge is 0.265 e. The van der Waals surface area contributed by atoms with Gasteiger partial charge in [-0.25, -0.2) is 0 Å². The van der Waals surface area contributed by atoms with Crippen LogP contribution in [-0.2, 0) is 0 Å². The largest absolute Gasteiger partial charge is 0.492 e. The van der Waals surface area contributed by atoms with Crippen LogP contribution in [-0.4, -0.2) is 51.1 Å². The molecule has 0 unspecified atom stereocenters. The van der Waals surface area contributed by atoms with Crippen LogP contribution < -0.4 is 21.1 Å². The van der Waals surface area contributed by atoms with Gasteiger partial charge in [0.15, 0.2) is 5.75 Å². The van der Waals surface area contributed by atoms with Crippen molar-refractivity contribution in [1.29, 1.82) is 0 Å². The van der Waals surface area contributed by atoms with Gasteiger partial charge < -0.3 is 26.0 Å². The van der Waals surface area contributed by atoms with E-state index in [0.29, 0.717) is 16.3 Å². The molecule has 1 aromatic rings. The number of carbonyl (C=O) groups is 1. The van der Waals surface area contributed by atoms with E-state index in [0.717, 1.165) is 30.9 Å². The number of anilines is 2. The Kier molecular flexibility index (Phi) is 4.39. The van der Waals surface area contributed by atoms with Crippen molar-refractivity contribution < 1.29 is 9.53 Å². The van der Waals surface area contributed by atoms with E-state index in [2.05, 4.69) is 4.90 Å². The molecule has 112 valence electrons. The Morgan fingerprint density at radius 2 is 2.00 bits per heavy atom. The van der Waals surface area contributed by atoms with E-state index in [4.69, 9.17) is 16.2 Å². The Labute approximate surface area is 123 Å². The minimum atomic E-state index is -0.0919. The number of nitrogens with zero attached hydrogens (tertiary/aromatic N) is 2. The number of piperidine rings is 1. The molecule has 1 saturated heterocycles. The molecule has 1 fully saturated rings. The van der Waals surface area contributed by atoms with Crippen molar-refractivity contribution in [3.8, 4) is 5.75 Å². The van der Waals surface area contributed by atoms with Gasteiger partial charge in [0.05, 0.1) is 7.11 Å². The Hall–Kier alpha value is -1.47. The number of methoxy groups -OCH3 is 1. The maximum Gasteiger partial charge on any atom is 0.265 e. The zero-order valence-corrected chi connectivity index (χ0v) is 13.0.